The fraction of sp³-hybridized carbons (Fsp3) is 0.826. The van der Waals surface area contributed by atoms with Crippen molar-refractivity contribution in [3.63, 3.8) is 0 Å². The molecule has 4 aliphatic carbocycles. The minimum Gasteiger partial charge on any atom is -0.151 e. The van der Waals surface area contributed by atoms with Gasteiger partial charge < -0.3 is 0 Å². The van der Waals surface area contributed by atoms with E-state index in [9.17, 15) is 4.91 Å². The molecule has 0 N–H and O–H groups in total. The third kappa shape index (κ3) is 2.66. The van der Waals surface area contributed by atoms with E-state index in [0.29, 0.717) is 11.3 Å². The first-order valence-corrected chi connectivity index (χ1v) is 10.7. The van der Waals surface area contributed by atoms with Gasteiger partial charge in [0, 0.05) is 0 Å². The van der Waals surface area contributed by atoms with Crippen molar-refractivity contribution in [2.45, 2.75) is 78.2 Å². The molecule has 3 fully saturated rings. The Balaban J connectivity index is 1.57. The van der Waals surface area contributed by atoms with Gasteiger partial charge in [-0.3, -0.25) is 0 Å². The minimum absolute atomic E-state index is 0.0538. The van der Waals surface area contributed by atoms with E-state index in [4.69, 9.17) is 0 Å². The highest BCUT2D eigenvalue weighted by Crippen LogP contribution is 2.64. The Hall–Kier alpha value is -0.920. The van der Waals surface area contributed by atoms with Crippen LogP contribution in [0.2, 0.25) is 0 Å². The maximum Gasteiger partial charge on any atom is 0.0957 e. The fourth-order valence-electron chi connectivity index (χ4n) is 7.35. The topological polar surface area (TPSA) is 29.4 Å². The molecule has 0 radical (unpaired) electrons. The molecule has 2 heteroatoms. The van der Waals surface area contributed by atoms with Crippen molar-refractivity contribution >= 4 is 0 Å². The van der Waals surface area contributed by atoms with Crippen LogP contribution in [0, 0.1) is 45.8 Å². The Kier molecular flexibility index (Phi) is 4.45. The Bertz CT molecular complexity index is 591. The van der Waals surface area contributed by atoms with Crippen LogP contribution in [0.25, 0.3) is 0 Å². The van der Waals surface area contributed by atoms with E-state index >= 15 is 0 Å². The van der Waals surface area contributed by atoms with Crippen LogP contribution in [-0.4, -0.2) is 6.04 Å². The molecule has 4 aliphatic rings. The Morgan fingerprint density at radius 2 is 2.00 bits per heavy atom. The number of rotatable bonds is 3. The summed E-state index contributed by atoms with van der Waals surface area (Å²) >= 11 is 0. The largest absolute Gasteiger partial charge is 0.151 e. The third-order valence-corrected chi connectivity index (χ3v) is 8.76. The molecule has 0 saturated heterocycles. The van der Waals surface area contributed by atoms with Gasteiger partial charge in [0.05, 0.1) is 6.04 Å². The summed E-state index contributed by atoms with van der Waals surface area (Å²) in [4.78, 5) is 11.0. The maximum absolute atomic E-state index is 11.0. The van der Waals surface area contributed by atoms with Crippen LogP contribution >= 0.6 is 0 Å². The SMILES string of the molecule is C=C(C(C)C)C1CCC2C3CC=C4CC(N=O)CCC4C3CCC12C. The van der Waals surface area contributed by atoms with E-state index in [1.165, 1.54) is 44.1 Å². The van der Waals surface area contributed by atoms with Crippen LogP contribution in [-0.2, 0) is 0 Å². The summed E-state index contributed by atoms with van der Waals surface area (Å²) in [6.07, 6.45) is 12.5. The average Bonchev–Trinajstić information content (AvgIpc) is 2.97. The van der Waals surface area contributed by atoms with Gasteiger partial charge in [0.25, 0.3) is 0 Å². The second-order valence-corrected chi connectivity index (χ2v) is 10.0. The van der Waals surface area contributed by atoms with E-state index < -0.39 is 0 Å². The van der Waals surface area contributed by atoms with E-state index in [1.807, 2.05) is 0 Å². The van der Waals surface area contributed by atoms with Crippen molar-refractivity contribution in [2.75, 3.05) is 0 Å². The van der Waals surface area contributed by atoms with Gasteiger partial charge in [-0.1, -0.05) is 49.7 Å². The molecule has 4 rings (SSSR count). The number of hydrogen-bond donors (Lipinski definition) is 0. The van der Waals surface area contributed by atoms with Crippen LogP contribution in [0.3, 0.4) is 0 Å². The van der Waals surface area contributed by atoms with E-state index in [0.717, 1.165) is 42.4 Å². The first-order valence-electron chi connectivity index (χ1n) is 10.7. The van der Waals surface area contributed by atoms with Gasteiger partial charge >= 0.3 is 0 Å². The number of nitroso groups, excluding NO2 is 1. The van der Waals surface area contributed by atoms with Gasteiger partial charge in [-0.25, -0.2) is 0 Å². The third-order valence-electron chi connectivity index (χ3n) is 8.76. The highest BCUT2D eigenvalue weighted by molar-refractivity contribution is 5.22. The van der Waals surface area contributed by atoms with Gasteiger partial charge in [-0.05, 0) is 92.3 Å². The Labute approximate surface area is 153 Å². The molecular weight excluding hydrogens is 306 g/mol. The molecule has 0 amide bonds. The first kappa shape index (κ1) is 17.5. The van der Waals surface area contributed by atoms with Crippen molar-refractivity contribution < 1.29 is 0 Å². The summed E-state index contributed by atoms with van der Waals surface area (Å²) in [6, 6.07) is 0.0538. The van der Waals surface area contributed by atoms with Crippen molar-refractivity contribution in [3.8, 4) is 0 Å². The summed E-state index contributed by atoms with van der Waals surface area (Å²) in [5.41, 5.74) is 3.57. The lowest BCUT2D eigenvalue weighted by molar-refractivity contribution is -0.00705. The number of nitrogens with zero attached hydrogens (tertiary/aromatic N) is 1. The minimum atomic E-state index is 0.0538. The Morgan fingerprint density at radius 1 is 1.20 bits per heavy atom. The molecule has 0 bridgehead atoms. The number of fused-ring (bicyclic) bond motifs is 5. The summed E-state index contributed by atoms with van der Waals surface area (Å²) in [5, 5.41) is 3.35. The zero-order valence-electron chi connectivity index (χ0n) is 16.3. The average molecular weight is 342 g/mol. The number of allylic oxidation sites excluding steroid dienone is 2. The molecule has 7 atom stereocenters. The molecule has 0 aromatic carbocycles. The van der Waals surface area contributed by atoms with Crippen molar-refractivity contribution in [1.29, 1.82) is 0 Å². The standard InChI is InChI=1S/C23H35NO/c1-14(2)15(3)21-9-10-22-20-7-5-16-13-17(24-25)6-8-18(16)19(20)11-12-23(21,22)4/h5,14,17-22H,3,6-13H2,1-2,4H3. The van der Waals surface area contributed by atoms with Crippen LogP contribution in [0.1, 0.15) is 72.1 Å². The van der Waals surface area contributed by atoms with Crippen LogP contribution in [0.4, 0.5) is 0 Å². The van der Waals surface area contributed by atoms with Gasteiger partial charge in [0.15, 0.2) is 0 Å². The van der Waals surface area contributed by atoms with Gasteiger partial charge in [0.1, 0.15) is 0 Å². The van der Waals surface area contributed by atoms with Gasteiger partial charge in [0.2, 0.25) is 0 Å². The predicted octanol–water partition coefficient (Wildman–Crippen LogP) is 6.52. The van der Waals surface area contributed by atoms with E-state index in [1.54, 1.807) is 5.57 Å². The molecule has 7 unspecified atom stereocenters. The molecule has 0 aromatic heterocycles. The molecular formula is C23H35NO. The summed E-state index contributed by atoms with van der Waals surface area (Å²) in [5.74, 6) is 4.73. The monoisotopic (exact) mass is 341 g/mol. The van der Waals surface area contributed by atoms with Gasteiger partial charge in [-0.2, -0.15) is 4.91 Å². The summed E-state index contributed by atoms with van der Waals surface area (Å²) in [6.45, 7) is 11.7. The van der Waals surface area contributed by atoms with Crippen molar-refractivity contribution in [1.82, 2.24) is 0 Å². The lowest BCUT2D eigenvalue weighted by atomic mass is 9.51. The number of hydrogen-bond acceptors (Lipinski definition) is 2. The second kappa shape index (κ2) is 6.35. The normalized spacial score (nSPS) is 46.0. The van der Waals surface area contributed by atoms with E-state index in [-0.39, 0.29) is 6.04 Å². The molecule has 25 heavy (non-hydrogen) atoms. The highest BCUT2D eigenvalue weighted by Gasteiger charge is 2.56. The molecule has 2 nitrogen and oxygen atoms in total. The lowest BCUT2D eigenvalue weighted by Gasteiger charge is -2.54. The molecule has 0 aliphatic heterocycles. The maximum atomic E-state index is 11.0. The predicted molar refractivity (Wildman–Crippen MR) is 104 cm³/mol. The summed E-state index contributed by atoms with van der Waals surface area (Å²) < 4.78 is 0. The highest BCUT2D eigenvalue weighted by atomic mass is 16.3. The summed E-state index contributed by atoms with van der Waals surface area (Å²) in [7, 11) is 0. The van der Waals surface area contributed by atoms with Crippen molar-refractivity contribution in [3.05, 3.63) is 28.7 Å². The molecule has 0 spiro atoms. The Morgan fingerprint density at radius 3 is 2.72 bits per heavy atom. The fourth-order valence-corrected chi connectivity index (χ4v) is 7.35. The van der Waals surface area contributed by atoms with E-state index in [2.05, 4.69) is 38.6 Å². The molecule has 0 heterocycles. The molecule has 0 aromatic rings. The van der Waals surface area contributed by atoms with Gasteiger partial charge in [-0.15, -0.1) is 0 Å². The molecule has 3 saturated carbocycles. The second-order valence-electron chi connectivity index (χ2n) is 10.0. The molecule has 138 valence electrons. The quantitative estimate of drug-likeness (QED) is 0.424. The van der Waals surface area contributed by atoms with Crippen LogP contribution in [0.15, 0.2) is 29.0 Å². The zero-order chi connectivity index (χ0) is 17.8. The van der Waals surface area contributed by atoms with Crippen LogP contribution < -0.4 is 0 Å². The van der Waals surface area contributed by atoms with Crippen molar-refractivity contribution in [2.24, 2.45) is 46.1 Å². The smallest absolute Gasteiger partial charge is 0.0957 e. The zero-order valence-corrected chi connectivity index (χ0v) is 16.3. The lowest BCUT2D eigenvalue weighted by Crippen LogP contribution is -2.46. The van der Waals surface area contributed by atoms with Crippen LogP contribution in [0.5, 0.6) is 0 Å². The first-order chi connectivity index (χ1) is 12.0.